The van der Waals surface area contributed by atoms with Crippen LogP contribution in [0.3, 0.4) is 0 Å². The first-order valence-electron chi connectivity index (χ1n) is 8.00. The van der Waals surface area contributed by atoms with Gasteiger partial charge in [-0.25, -0.2) is 0 Å². The minimum Gasteiger partial charge on any atom is -0.142 e. The average molecular weight is 373 g/mol. The van der Waals surface area contributed by atoms with E-state index < -0.39 is 43.6 Å². The van der Waals surface area contributed by atoms with Crippen LogP contribution in [0.1, 0.15) is 0 Å². The van der Waals surface area contributed by atoms with Gasteiger partial charge in [-0.2, -0.15) is 0 Å². The van der Waals surface area contributed by atoms with Gasteiger partial charge >= 0.3 is 0 Å². The molecule has 0 saturated heterocycles. The third-order valence-electron chi connectivity index (χ3n) is 8.50. The fourth-order valence-electron chi connectivity index (χ4n) is 3.75. The zero-order chi connectivity index (χ0) is 16.4. The summed E-state index contributed by atoms with van der Waals surface area (Å²) in [6, 6.07) is 0. The van der Waals surface area contributed by atoms with Gasteiger partial charge in [0.25, 0.3) is 0 Å². The fourth-order valence-corrected chi connectivity index (χ4v) is 150. The maximum atomic E-state index is 3.99. The van der Waals surface area contributed by atoms with E-state index in [1.807, 2.05) is 0 Å². The lowest BCUT2D eigenvalue weighted by atomic mass is 11.4. The number of hydrogen-bond acceptors (Lipinski definition) is 0. The van der Waals surface area contributed by atoms with Crippen LogP contribution in [0, 0.1) is 11.1 Å². The van der Waals surface area contributed by atoms with Crippen LogP contribution < -0.4 is 0 Å². The van der Waals surface area contributed by atoms with E-state index in [4.69, 9.17) is 0 Å². The molecule has 1 rings (SSSR count). The maximum Gasteiger partial charge on any atom is 0.120 e. The summed E-state index contributed by atoms with van der Waals surface area (Å²) in [5, 5.41) is 0. The minimum absolute atomic E-state index is 1.15. The van der Waals surface area contributed by atoms with Crippen molar-refractivity contribution in [2.75, 3.05) is 0 Å². The lowest BCUT2D eigenvalue weighted by Gasteiger charge is -2.61. The molecule has 0 radical (unpaired) electrons. The molecular formula is C14H36Si6. The number of hydrogen-bond donors (Lipinski definition) is 0. The molecule has 0 saturated carbocycles. The van der Waals surface area contributed by atoms with E-state index in [1.165, 1.54) is 0 Å². The summed E-state index contributed by atoms with van der Waals surface area (Å²) in [7, 11) is -7.38. The molecule has 0 atom stereocenters. The highest BCUT2D eigenvalue weighted by molar-refractivity contribution is 7.98. The molecule has 0 fully saturated rings. The molecule has 0 aromatic carbocycles. The molecule has 1 aliphatic heterocycles. The van der Waals surface area contributed by atoms with Crippen LogP contribution in [0.2, 0.25) is 78.6 Å². The van der Waals surface area contributed by atoms with Crippen molar-refractivity contribution in [2.45, 2.75) is 78.6 Å². The summed E-state index contributed by atoms with van der Waals surface area (Å²) in [4.78, 5) is 0. The standard InChI is InChI=1S/C14H36Si6/c1-15(2)13-14-16(3,4)18(7,8)20(11,12)19(9,10)17(15,5)6/h1-12H3. The van der Waals surface area contributed by atoms with Crippen molar-refractivity contribution in [3.8, 4) is 11.1 Å². The molecule has 0 amide bonds. The van der Waals surface area contributed by atoms with Crippen molar-refractivity contribution in [3.05, 3.63) is 0 Å². The molecular weight excluding hydrogens is 337 g/mol. The first kappa shape index (κ1) is 18.9. The van der Waals surface area contributed by atoms with Crippen molar-refractivity contribution in [2.24, 2.45) is 0 Å². The van der Waals surface area contributed by atoms with E-state index in [0.29, 0.717) is 0 Å². The zero-order valence-corrected chi connectivity index (χ0v) is 22.0. The second-order valence-corrected chi connectivity index (χ2v) is 73.5. The van der Waals surface area contributed by atoms with Gasteiger partial charge in [0.2, 0.25) is 0 Å². The average Bonchev–Trinajstić information content (AvgIpc) is 2.24. The molecule has 0 aromatic rings. The summed E-state index contributed by atoms with van der Waals surface area (Å²) in [5.74, 6) is 0. The summed E-state index contributed by atoms with van der Waals surface area (Å²) in [5.41, 5.74) is 7.99. The largest absolute Gasteiger partial charge is 0.142 e. The third kappa shape index (κ3) is 2.15. The lowest BCUT2D eigenvalue weighted by molar-refractivity contribution is 1.75. The third-order valence-corrected chi connectivity index (χ3v) is 125. The van der Waals surface area contributed by atoms with Gasteiger partial charge in [-0.1, -0.05) is 78.6 Å². The highest BCUT2D eigenvalue weighted by atomic mass is 30.0. The monoisotopic (exact) mass is 372 g/mol. The van der Waals surface area contributed by atoms with Gasteiger partial charge in [0.1, 0.15) is 15.2 Å². The smallest absolute Gasteiger partial charge is 0.120 e. The van der Waals surface area contributed by atoms with Gasteiger partial charge in [0, 0.05) is 28.4 Å². The van der Waals surface area contributed by atoms with Gasteiger partial charge in [-0.15, -0.1) is 11.1 Å². The predicted molar refractivity (Wildman–Crippen MR) is 113 cm³/mol. The van der Waals surface area contributed by atoms with Crippen LogP contribution in [-0.2, 0) is 0 Å². The quantitative estimate of drug-likeness (QED) is 0.426. The van der Waals surface area contributed by atoms with Crippen molar-refractivity contribution >= 4 is 43.6 Å². The first-order valence-corrected chi connectivity index (χ1v) is 31.0. The van der Waals surface area contributed by atoms with Crippen molar-refractivity contribution in [3.63, 3.8) is 0 Å². The van der Waals surface area contributed by atoms with Gasteiger partial charge in [-0.3, -0.25) is 0 Å². The normalized spacial score (nSPS) is 31.4. The highest BCUT2D eigenvalue weighted by Gasteiger charge is 2.66. The van der Waals surface area contributed by atoms with Crippen LogP contribution in [0.25, 0.3) is 0 Å². The minimum atomic E-state index is -1.35. The van der Waals surface area contributed by atoms with Gasteiger partial charge < -0.3 is 0 Å². The first-order chi connectivity index (χ1) is 8.46. The van der Waals surface area contributed by atoms with Crippen LogP contribution in [0.5, 0.6) is 0 Å². The van der Waals surface area contributed by atoms with Crippen LogP contribution in [0.4, 0.5) is 0 Å². The zero-order valence-electron chi connectivity index (χ0n) is 16.0. The van der Waals surface area contributed by atoms with E-state index in [-0.39, 0.29) is 0 Å². The maximum absolute atomic E-state index is 3.99. The molecule has 1 heterocycles. The van der Waals surface area contributed by atoms with Gasteiger partial charge in [-0.05, 0) is 0 Å². The summed E-state index contributed by atoms with van der Waals surface area (Å²) in [6.07, 6.45) is 0. The summed E-state index contributed by atoms with van der Waals surface area (Å²) < 4.78 is 0. The van der Waals surface area contributed by atoms with Crippen molar-refractivity contribution in [1.82, 2.24) is 0 Å². The van der Waals surface area contributed by atoms with E-state index in [1.54, 1.807) is 0 Å². The molecule has 0 N–H and O–H groups in total. The van der Waals surface area contributed by atoms with E-state index in [9.17, 15) is 0 Å². The Morgan fingerprint density at radius 2 is 0.550 bits per heavy atom. The SMILES string of the molecule is C[Si]1(C)C#C[Si](C)(C)[Si](C)(C)[Si](C)(C)[Si](C)(C)[Si]1(C)C. The molecule has 0 unspecified atom stereocenters. The second kappa shape index (κ2) is 4.68. The Hall–Kier alpha value is 0.861. The molecule has 0 aromatic heterocycles. The Kier molecular flexibility index (Phi) is 4.42. The molecule has 0 spiro atoms. The van der Waals surface area contributed by atoms with E-state index >= 15 is 0 Å². The molecule has 20 heavy (non-hydrogen) atoms. The molecule has 0 aliphatic carbocycles. The summed E-state index contributed by atoms with van der Waals surface area (Å²) in [6.45, 7) is 32.6. The highest BCUT2D eigenvalue weighted by Crippen LogP contribution is 2.42. The molecule has 0 nitrogen and oxygen atoms in total. The van der Waals surface area contributed by atoms with Crippen LogP contribution >= 0.6 is 0 Å². The van der Waals surface area contributed by atoms with Gasteiger partial charge in [0.05, 0.1) is 0 Å². The lowest BCUT2D eigenvalue weighted by Crippen LogP contribution is -2.89. The Morgan fingerprint density at radius 1 is 0.350 bits per heavy atom. The second-order valence-electron chi connectivity index (χ2n) is 10.0. The Balaban J connectivity index is 3.82. The topological polar surface area (TPSA) is 0 Å². The van der Waals surface area contributed by atoms with Gasteiger partial charge in [0.15, 0.2) is 0 Å². The Morgan fingerprint density at radius 3 is 0.750 bits per heavy atom. The fraction of sp³-hybridized carbons (Fsp3) is 0.857. The van der Waals surface area contributed by atoms with E-state index in [2.05, 4.69) is 89.7 Å². The molecule has 116 valence electrons. The Labute approximate surface area is 133 Å². The van der Waals surface area contributed by atoms with Crippen LogP contribution in [0.15, 0.2) is 0 Å². The van der Waals surface area contributed by atoms with Crippen molar-refractivity contribution < 1.29 is 0 Å². The van der Waals surface area contributed by atoms with E-state index in [0.717, 1.165) is 0 Å². The number of rotatable bonds is 0. The molecule has 0 bridgehead atoms. The molecule has 1 aliphatic rings. The van der Waals surface area contributed by atoms with Crippen LogP contribution in [-0.4, -0.2) is 43.6 Å². The predicted octanol–water partition coefficient (Wildman–Crippen LogP) is 4.72. The summed E-state index contributed by atoms with van der Waals surface area (Å²) >= 11 is 0. The Bertz CT molecular complexity index is 432. The molecule has 6 heteroatoms. The van der Waals surface area contributed by atoms with Crippen molar-refractivity contribution in [1.29, 1.82) is 0 Å².